The number of amides is 1. The summed E-state index contributed by atoms with van der Waals surface area (Å²) in [6, 6.07) is 0. The lowest BCUT2D eigenvalue weighted by atomic mass is 9.97. The molecule has 0 aromatic carbocycles. The molecule has 0 bridgehead atoms. The van der Waals surface area contributed by atoms with Crippen LogP contribution in [-0.4, -0.2) is 33.7 Å². The van der Waals surface area contributed by atoms with Crippen LogP contribution < -0.4 is 5.32 Å². The maximum Gasteiger partial charge on any atom is 0.308 e. The Kier molecular flexibility index (Phi) is 5.73. The van der Waals surface area contributed by atoms with Crippen molar-refractivity contribution in [3.05, 3.63) is 17.0 Å². The van der Waals surface area contributed by atoms with Crippen LogP contribution in [0.1, 0.15) is 37.2 Å². The third-order valence-corrected chi connectivity index (χ3v) is 3.27. The molecular formula is C14H23N3O3. The van der Waals surface area contributed by atoms with E-state index in [2.05, 4.69) is 15.5 Å². The van der Waals surface area contributed by atoms with Gasteiger partial charge in [-0.3, -0.25) is 14.7 Å². The van der Waals surface area contributed by atoms with E-state index in [0.717, 1.165) is 17.0 Å². The molecule has 1 unspecified atom stereocenters. The monoisotopic (exact) mass is 281 g/mol. The number of hydrogen-bond acceptors (Lipinski definition) is 3. The highest BCUT2D eigenvalue weighted by atomic mass is 16.4. The van der Waals surface area contributed by atoms with Gasteiger partial charge >= 0.3 is 5.97 Å². The van der Waals surface area contributed by atoms with Crippen LogP contribution in [0.4, 0.5) is 0 Å². The van der Waals surface area contributed by atoms with Crippen LogP contribution in [0, 0.1) is 25.7 Å². The number of rotatable bonds is 7. The summed E-state index contributed by atoms with van der Waals surface area (Å²) in [5.74, 6) is -1.29. The summed E-state index contributed by atoms with van der Waals surface area (Å²) in [5.41, 5.74) is 2.54. The van der Waals surface area contributed by atoms with E-state index < -0.39 is 11.9 Å². The summed E-state index contributed by atoms with van der Waals surface area (Å²) in [6.07, 6.45) is 0.779. The fourth-order valence-electron chi connectivity index (χ4n) is 2.14. The molecular weight excluding hydrogens is 258 g/mol. The van der Waals surface area contributed by atoms with Crippen molar-refractivity contribution in [1.29, 1.82) is 0 Å². The van der Waals surface area contributed by atoms with E-state index >= 15 is 0 Å². The molecule has 0 aliphatic heterocycles. The van der Waals surface area contributed by atoms with Gasteiger partial charge in [0.05, 0.1) is 18.0 Å². The molecule has 1 heterocycles. The van der Waals surface area contributed by atoms with Gasteiger partial charge < -0.3 is 10.4 Å². The Morgan fingerprint density at radius 1 is 1.35 bits per heavy atom. The molecule has 0 spiro atoms. The molecule has 1 aromatic heterocycles. The molecule has 1 atom stereocenters. The topological polar surface area (TPSA) is 95.1 Å². The van der Waals surface area contributed by atoms with Crippen molar-refractivity contribution in [3.63, 3.8) is 0 Å². The van der Waals surface area contributed by atoms with Gasteiger partial charge in [-0.25, -0.2) is 0 Å². The standard InChI is InChI=1S/C14H23N3O3/c1-8(2)5-11(14(19)20)7-15-13(18)6-12-9(3)16-17-10(12)4/h8,11H,5-7H2,1-4H3,(H,15,18)(H,16,17)(H,19,20). The molecule has 112 valence electrons. The Morgan fingerprint density at radius 3 is 2.45 bits per heavy atom. The van der Waals surface area contributed by atoms with Gasteiger partial charge in [0.2, 0.25) is 5.91 Å². The number of aryl methyl sites for hydroxylation is 2. The Balaban J connectivity index is 2.52. The van der Waals surface area contributed by atoms with Crippen molar-refractivity contribution < 1.29 is 14.7 Å². The highest BCUT2D eigenvalue weighted by Crippen LogP contribution is 2.12. The predicted octanol–water partition coefficient (Wildman–Crippen LogP) is 1.43. The number of carbonyl (C=O) groups is 2. The minimum absolute atomic E-state index is 0.169. The molecule has 1 amide bonds. The highest BCUT2D eigenvalue weighted by Gasteiger charge is 2.20. The summed E-state index contributed by atoms with van der Waals surface area (Å²) in [5, 5.41) is 18.7. The smallest absolute Gasteiger partial charge is 0.308 e. The first-order valence-electron chi connectivity index (χ1n) is 6.81. The lowest BCUT2D eigenvalue weighted by molar-refractivity contribution is -0.142. The van der Waals surface area contributed by atoms with Gasteiger partial charge in [0.15, 0.2) is 0 Å². The third-order valence-electron chi connectivity index (χ3n) is 3.27. The first-order chi connectivity index (χ1) is 9.31. The molecule has 1 rings (SSSR count). The quantitative estimate of drug-likeness (QED) is 0.704. The van der Waals surface area contributed by atoms with E-state index in [4.69, 9.17) is 5.11 Å². The minimum atomic E-state index is -0.866. The zero-order chi connectivity index (χ0) is 15.3. The lowest BCUT2D eigenvalue weighted by Crippen LogP contribution is -2.34. The first-order valence-corrected chi connectivity index (χ1v) is 6.81. The van der Waals surface area contributed by atoms with Crippen LogP contribution in [0.15, 0.2) is 0 Å². The fraction of sp³-hybridized carbons (Fsp3) is 0.643. The van der Waals surface area contributed by atoms with Crippen LogP contribution >= 0.6 is 0 Å². The average molecular weight is 281 g/mol. The van der Waals surface area contributed by atoms with Gasteiger partial charge in [-0.1, -0.05) is 13.8 Å². The second-order valence-electron chi connectivity index (χ2n) is 5.56. The van der Waals surface area contributed by atoms with Gasteiger partial charge in [-0.2, -0.15) is 5.10 Å². The molecule has 0 aliphatic rings. The number of nitrogens with zero attached hydrogens (tertiary/aromatic N) is 1. The van der Waals surface area contributed by atoms with Gasteiger partial charge in [0.1, 0.15) is 0 Å². The normalized spacial score (nSPS) is 12.4. The molecule has 20 heavy (non-hydrogen) atoms. The van der Waals surface area contributed by atoms with Gasteiger partial charge in [0.25, 0.3) is 0 Å². The summed E-state index contributed by atoms with van der Waals surface area (Å²) >= 11 is 0. The third kappa shape index (κ3) is 4.68. The fourth-order valence-corrected chi connectivity index (χ4v) is 2.14. The van der Waals surface area contributed by atoms with Gasteiger partial charge in [-0.05, 0) is 26.2 Å². The molecule has 6 heteroatoms. The number of carboxylic acid groups (broad SMARTS) is 1. The molecule has 6 nitrogen and oxygen atoms in total. The maximum atomic E-state index is 11.9. The molecule has 1 aromatic rings. The van der Waals surface area contributed by atoms with Crippen molar-refractivity contribution in [2.24, 2.45) is 11.8 Å². The number of hydrogen-bond donors (Lipinski definition) is 3. The van der Waals surface area contributed by atoms with Crippen LogP contribution in [-0.2, 0) is 16.0 Å². The molecule has 0 radical (unpaired) electrons. The zero-order valence-electron chi connectivity index (χ0n) is 12.5. The van der Waals surface area contributed by atoms with Crippen molar-refractivity contribution in [3.8, 4) is 0 Å². The number of aromatic amines is 1. The molecule has 3 N–H and O–H groups in total. The Labute approximate surface area is 119 Å². The zero-order valence-corrected chi connectivity index (χ0v) is 12.5. The predicted molar refractivity (Wildman–Crippen MR) is 75.4 cm³/mol. The number of carbonyl (C=O) groups excluding carboxylic acids is 1. The summed E-state index contributed by atoms with van der Waals surface area (Å²) in [4.78, 5) is 23.0. The number of H-pyrrole nitrogens is 1. The summed E-state index contributed by atoms with van der Waals surface area (Å²) in [7, 11) is 0. The van der Waals surface area contributed by atoms with E-state index in [0.29, 0.717) is 6.42 Å². The Hall–Kier alpha value is -1.85. The van der Waals surface area contributed by atoms with E-state index in [1.807, 2.05) is 27.7 Å². The molecule has 0 fully saturated rings. The largest absolute Gasteiger partial charge is 0.481 e. The SMILES string of the molecule is Cc1n[nH]c(C)c1CC(=O)NCC(CC(C)C)C(=O)O. The number of aromatic nitrogens is 2. The van der Waals surface area contributed by atoms with Crippen LogP contribution in [0.2, 0.25) is 0 Å². The Morgan fingerprint density at radius 2 is 2.00 bits per heavy atom. The number of carboxylic acids is 1. The van der Waals surface area contributed by atoms with Crippen LogP contribution in [0.5, 0.6) is 0 Å². The second kappa shape index (κ2) is 7.07. The second-order valence-corrected chi connectivity index (χ2v) is 5.56. The molecule has 0 saturated heterocycles. The summed E-state index contributed by atoms with van der Waals surface area (Å²) in [6.45, 7) is 7.81. The van der Waals surface area contributed by atoms with E-state index in [1.54, 1.807) is 0 Å². The van der Waals surface area contributed by atoms with Gasteiger partial charge in [0, 0.05) is 17.8 Å². The lowest BCUT2D eigenvalue weighted by Gasteiger charge is -2.15. The van der Waals surface area contributed by atoms with Crippen molar-refractivity contribution >= 4 is 11.9 Å². The van der Waals surface area contributed by atoms with Crippen molar-refractivity contribution in [2.45, 2.75) is 40.5 Å². The Bertz CT molecular complexity index is 461. The maximum absolute atomic E-state index is 11.9. The van der Waals surface area contributed by atoms with E-state index in [-0.39, 0.29) is 24.8 Å². The van der Waals surface area contributed by atoms with Crippen LogP contribution in [0.3, 0.4) is 0 Å². The first kappa shape index (κ1) is 16.2. The average Bonchev–Trinajstić information content (AvgIpc) is 2.65. The van der Waals surface area contributed by atoms with Crippen LogP contribution in [0.25, 0.3) is 0 Å². The molecule has 0 aliphatic carbocycles. The summed E-state index contributed by atoms with van der Waals surface area (Å²) < 4.78 is 0. The number of aliphatic carboxylic acids is 1. The van der Waals surface area contributed by atoms with E-state index in [9.17, 15) is 9.59 Å². The van der Waals surface area contributed by atoms with Gasteiger partial charge in [-0.15, -0.1) is 0 Å². The molecule has 0 saturated carbocycles. The van der Waals surface area contributed by atoms with Crippen molar-refractivity contribution in [2.75, 3.05) is 6.54 Å². The highest BCUT2D eigenvalue weighted by molar-refractivity contribution is 5.80. The van der Waals surface area contributed by atoms with Crippen molar-refractivity contribution in [1.82, 2.24) is 15.5 Å². The minimum Gasteiger partial charge on any atom is -0.481 e. The van der Waals surface area contributed by atoms with E-state index in [1.165, 1.54) is 0 Å². The number of nitrogens with one attached hydrogen (secondary N) is 2.